The molecule has 1 atom stereocenters. The van der Waals surface area contributed by atoms with E-state index >= 15 is 0 Å². The van der Waals surface area contributed by atoms with E-state index in [2.05, 4.69) is 0 Å². The van der Waals surface area contributed by atoms with Crippen LogP contribution in [0, 0.1) is 0 Å². The van der Waals surface area contributed by atoms with Crippen LogP contribution in [0.15, 0.2) is 0 Å². The molecule has 1 heterocycles. The van der Waals surface area contributed by atoms with Crippen molar-refractivity contribution in [3.05, 3.63) is 0 Å². The second-order valence-electron chi connectivity index (χ2n) is 3.61. The Hall–Kier alpha value is -0.810. The van der Waals surface area contributed by atoms with E-state index in [4.69, 9.17) is 15.2 Å². The van der Waals surface area contributed by atoms with Gasteiger partial charge in [-0.05, 0) is 13.8 Å². The molecule has 5 heteroatoms. The number of hydrogen-bond acceptors (Lipinski definition) is 4. The maximum absolute atomic E-state index is 11.5. The number of hydrogen-bond donors (Lipinski definition) is 1. The normalized spacial score (nSPS) is 22.6. The molecule has 0 spiro atoms. The van der Waals surface area contributed by atoms with Gasteiger partial charge in [0.15, 0.2) is 0 Å². The largest absolute Gasteiger partial charge is 0.447 e. The number of nitrogens with zero attached hydrogens (tertiary/aromatic N) is 1. The van der Waals surface area contributed by atoms with Gasteiger partial charge in [0.1, 0.15) is 0 Å². The van der Waals surface area contributed by atoms with E-state index in [-0.39, 0.29) is 18.3 Å². The fourth-order valence-electron chi connectivity index (χ4n) is 1.30. The van der Waals surface area contributed by atoms with Gasteiger partial charge in [-0.15, -0.1) is 0 Å². The molecule has 1 fully saturated rings. The summed E-state index contributed by atoms with van der Waals surface area (Å²) in [5.74, 6) is 0. The van der Waals surface area contributed by atoms with Gasteiger partial charge < -0.3 is 20.1 Å². The van der Waals surface area contributed by atoms with Crippen LogP contribution >= 0.6 is 0 Å². The third kappa shape index (κ3) is 3.16. The first-order valence-electron chi connectivity index (χ1n) is 4.90. The van der Waals surface area contributed by atoms with Gasteiger partial charge in [0, 0.05) is 13.1 Å². The van der Waals surface area contributed by atoms with Crippen LogP contribution in [0.3, 0.4) is 0 Å². The minimum absolute atomic E-state index is 0.0523. The van der Waals surface area contributed by atoms with Crippen LogP contribution in [0.1, 0.15) is 13.8 Å². The first-order chi connectivity index (χ1) is 6.63. The quantitative estimate of drug-likeness (QED) is 0.694. The highest BCUT2D eigenvalue weighted by atomic mass is 16.6. The number of ether oxygens (including phenoxy) is 2. The van der Waals surface area contributed by atoms with Crippen LogP contribution in [0.2, 0.25) is 0 Å². The lowest BCUT2D eigenvalue weighted by molar-refractivity contribution is -0.0266. The summed E-state index contributed by atoms with van der Waals surface area (Å²) in [6, 6.07) is 0. The fraction of sp³-hybridized carbons (Fsp3) is 0.889. The minimum Gasteiger partial charge on any atom is -0.447 e. The maximum atomic E-state index is 11.5. The Morgan fingerprint density at radius 1 is 1.71 bits per heavy atom. The van der Waals surface area contributed by atoms with Crippen molar-refractivity contribution in [1.82, 2.24) is 4.90 Å². The van der Waals surface area contributed by atoms with Crippen LogP contribution in [0.25, 0.3) is 0 Å². The fourth-order valence-corrected chi connectivity index (χ4v) is 1.30. The number of morpholine rings is 1. The zero-order chi connectivity index (χ0) is 10.6. The van der Waals surface area contributed by atoms with E-state index in [1.54, 1.807) is 4.90 Å². The second-order valence-corrected chi connectivity index (χ2v) is 3.61. The highest BCUT2D eigenvalue weighted by molar-refractivity contribution is 5.67. The van der Waals surface area contributed by atoms with E-state index in [0.29, 0.717) is 26.2 Å². The number of amides is 1. The summed E-state index contributed by atoms with van der Waals surface area (Å²) >= 11 is 0. The monoisotopic (exact) mass is 202 g/mol. The van der Waals surface area contributed by atoms with Gasteiger partial charge >= 0.3 is 6.09 Å². The van der Waals surface area contributed by atoms with Crippen LogP contribution in [-0.2, 0) is 9.47 Å². The van der Waals surface area contributed by atoms with E-state index in [1.165, 1.54) is 0 Å². The van der Waals surface area contributed by atoms with Gasteiger partial charge in [-0.2, -0.15) is 0 Å². The molecule has 0 aromatic heterocycles. The third-order valence-corrected chi connectivity index (χ3v) is 2.00. The first kappa shape index (κ1) is 11.3. The Bertz CT molecular complexity index is 196. The average Bonchev–Trinajstić information content (AvgIpc) is 2.17. The molecule has 5 nitrogen and oxygen atoms in total. The maximum Gasteiger partial charge on any atom is 0.410 e. The first-order valence-corrected chi connectivity index (χ1v) is 4.90. The Morgan fingerprint density at radius 3 is 3.00 bits per heavy atom. The smallest absolute Gasteiger partial charge is 0.410 e. The van der Waals surface area contributed by atoms with E-state index < -0.39 is 0 Å². The molecule has 0 aromatic carbocycles. The van der Waals surface area contributed by atoms with Crippen LogP contribution in [0.5, 0.6) is 0 Å². The zero-order valence-electron chi connectivity index (χ0n) is 8.73. The molecule has 1 aliphatic heterocycles. The van der Waals surface area contributed by atoms with Crippen molar-refractivity contribution in [2.45, 2.75) is 26.1 Å². The number of carbonyl (C=O) groups is 1. The molecule has 1 saturated heterocycles. The van der Waals surface area contributed by atoms with E-state index in [1.807, 2.05) is 13.8 Å². The standard InChI is InChI=1S/C9H18N2O3/c1-7(2)14-9(12)11-3-4-13-8(5-10)6-11/h7-8H,3-6,10H2,1-2H3/t8-/m1/s1. The molecule has 0 bridgehead atoms. The van der Waals surface area contributed by atoms with Crippen molar-refractivity contribution in [3.63, 3.8) is 0 Å². The highest BCUT2D eigenvalue weighted by Gasteiger charge is 2.24. The van der Waals surface area contributed by atoms with Gasteiger partial charge in [0.25, 0.3) is 0 Å². The summed E-state index contributed by atoms with van der Waals surface area (Å²) < 4.78 is 10.4. The number of nitrogens with two attached hydrogens (primary N) is 1. The Morgan fingerprint density at radius 2 is 2.43 bits per heavy atom. The molecule has 0 aliphatic carbocycles. The summed E-state index contributed by atoms with van der Waals surface area (Å²) in [5.41, 5.74) is 5.46. The predicted molar refractivity (Wildman–Crippen MR) is 52.0 cm³/mol. The lowest BCUT2D eigenvalue weighted by Gasteiger charge is -2.32. The molecule has 1 amide bonds. The van der Waals surface area contributed by atoms with E-state index in [9.17, 15) is 4.79 Å². The number of carbonyl (C=O) groups excluding carboxylic acids is 1. The molecule has 0 unspecified atom stereocenters. The summed E-state index contributed by atoms with van der Waals surface area (Å²) in [5, 5.41) is 0. The van der Waals surface area contributed by atoms with Gasteiger partial charge in [0.2, 0.25) is 0 Å². The predicted octanol–water partition coefficient (Wildman–Crippen LogP) is 0.191. The Labute approximate surface area is 84.1 Å². The molecule has 0 radical (unpaired) electrons. The number of rotatable bonds is 2. The SMILES string of the molecule is CC(C)OC(=O)N1CCO[C@H](CN)C1. The molecule has 1 rings (SSSR count). The van der Waals surface area contributed by atoms with E-state index in [0.717, 1.165) is 0 Å². The summed E-state index contributed by atoms with van der Waals surface area (Å²) in [7, 11) is 0. The van der Waals surface area contributed by atoms with Crippen LogP contribution < -0.4 is 5.73 Å². The molecule has 0 saturated carbocycles. The van der Waals surface area contributed by atoms with Crippen molar-refractivity contribution in [2.75, 3.05) is 26.2 Å². The molecular weight excluding hydrogens is 184 g/mol. The van der Waals surface area contributed by atoms with Crippen molar-refractivity contribution in [3.8, 4) is 0 Å². The molecular formula is C9H18N2O3. The van der Waals surface area contributed by atoms with Gasteiger partial charge in [-0.3, -0.25) is 0 Å². The molecule has 82 valence electrons. The second kappa shape index (κ2) is 5.17. The van der Waals surface area contributed by atoms with Crippen molar-refractivity contribution in [2.24, 2.45) is 5.73 Å². The molecule has 1 aliphatic rings. The lowest BCUT2D eigenvalue weighted by Crippen LogP contribution is -2.48. The average molecular weight is 202 g/mol. The molecule has 14 heavy (non-hydrogen) atoms. The van der Waals surface area contributed by atoms with Gasteiger partial charge in [0.05, 0.1) is 25.4 Å². The lowest BCUT2D eigenvalue weighted by atomic mass is 10.3. The molecule has 2 N–H and O–H groups in total. The van der Waals surface area contributed by atoms with Crippen molar-refractivity contribution >= 4 is 6.09 Å². The van der Waals surface area contributed by atoms with Crippen molar-refractivity contribution < 1.29 is 14.3 Å². The third-order valence-electron chi connectivity index (χ3n) is 2.00. The molecule has 0 aromatic rings. The van der Waals surface area contributed by atoms with Gasteiger partial charge in [-0.1, -0.05) is 0 Å². The summed E-state index contributed by atoms with van der Waals surface area (Å²) in [6.45, 7) is 5.75. The highest BCUT2D eigenvalue weighted by Crippen LogP contribution is 2.06. The van der Waals surface area contributed by atoms with Gasteiger partial charge in [-0.25, -0.2) is 4.79 Å². The van der Waals surface area contributed by atoms with Crippen molar-refractivity contribution in [1.29, 1.82) is 0 Å². The Kier molecular flexibility index (Phi) is 4.16. The summed E-state index contributed by atoms with van der Waals surface area (Å²) in [6.07, 6.45) is -0.410. The van der Waals surface area contributed by atoms with Crippen LogP contribution in [0.4, 0.5) is 4.79 Å². The summed E-state index contributed by atoms with van der Waals surface area (Å²) in [4.78, 5) is 13.1. The van der Waals surface area contributed by atoms with Crippen LogP contribution in [-0.4, -0.2) is 49.4 Å². The zero-order valence-corrected chi connectivity index (χ0v) is 8.73. The Balaban J connectivity index is 2.39. The topological polar surface area (TPSA) is 64.8 Å². The minimum atomic E-state index is -0.276.